The number of aryl methyl sites for hydroxylation is 1. The minimum absolute atomic E-state index is 0.0319. The first-order chi connectivity index (χ1) is 11.9. The van der Waals surface area contributed by atoms with E-state index >= 15 is 0 Å². The van der Waals surface area contributed by atoms with Gasteiger partial charge in [-0.15, -0.1) is 0 Å². The Bertz CT molecular complexity index is 703. The van der Waals surface area contributed by atoms with Crippen LogP contribution in [0.1, 0.15) is 50.6 Å². The van der Waals surface area contributed by atoms with E-state index in [1.165, 1.54) is 17.1 Å². The van der Waals surface area contributed by atoms with Gasteiger partial charge in [0.05, 0.1) is 6.10 Å². The van der Waals surface area contributed by atoms with Crippen LogP contribution >= 0.6 is 11.5 Å². The third kappa shape index (κ3) is 4.92. The Morgan fingerprint density at radius 3 is 2.88 bits per heavy atom. The van der Waals surface area contributed by atoms with Gasteiger partial charge in [-0.2, -0.15) is 4.37 Å². The summed E-state index contributed by atoms with van der Waals surface area (Å²) in [6.07, 6.45) is 2.43. The summed E-state index contributed by atoms with van der Waals surface area (Å²) in [4.78, 5) is 4.59. The molecule has 1 fully saturated rings. The van der Waals surface area contributed by atoms with Crippen molar-refractivity contribution in [3.05, 3.63) is 35.2 Å². The monoisotopic (exact) mass is 361 g/mol. The molecule has 0 aliphatic carbocycles. The molecule has 1 aromatic carbocycles. The predicted octanol–water partition coefficient (Wildman–Crippen LogP) is 4.31. The molecule has 1 N–H and O–H groups in total. The van der Waals surface area contributed by atoms with Crippen molar-refractivity contribution in [1.29, 1.82) is 0 Å². The maximum atomic E-state index is 6.05. The van der Waals surface area contributed by atoms with Crippen LogP contribution in [0.25, 0.3) is 0 Å². The quantitative estimate of drug-likeness (QED) is 0.831. The molecule has 0 amide bonds. The van der Waals surface area contributed by atoms with Crippen molar-refractivity contribution in [2.75, 3.05) is 18.5 Å². The van der Waals surface area contributed by atoms with Crippen molar-refractivity contribution < 1.29 is 9.47 Å². The van der Waals surface area contributed by atoms with Gasteiger partial charge in [-0.3, -0.25) is 0 Å². The van der Waals surface area contributed by atoms with Gasteiger partial charge in [0.1, 0.15) is 18.2 Å². The van der Waals surface area contributed by atoms with Crippen molar-refractivity contribution in [3.8, 4) is 5.75 Å². The summed E-state index contributed by atoms with van der Waals surface area (Å²) in [7, 11) is 0. The Morgan fingerprint density at radius 2 is 2.20 bits per heavy atom. The predicted molar refractivity (Wildman–Crippen MR) is 102 cm³/mol. The van der Waals surface area contributed by atoms with Gasteiger partial charge in [-0.1, -0.05) is 32.9 Å². The van der Waals surface area contributed by atoms with E-state index in [1.807, 2.05) is 0 Å². The smallest absolute Gasteiger partial charge is 0.202 e. The van der Waals surface area contributed by atoms with Gasteiger partial charge in [0, 0.05) is 35.7 Å². The first-order valence-corrected chi connectivity index (χ1v) is 9.61. The van der Waals surface area contributed by atoms with Crippen molar-refractivity contribution >= 4 is 16.7 Å². The summed E-state index contributed by atoms with van der Waals surface area (Å²) in [5, 5.41) is 4.22. The van der Waals surface area contributed by atoms with E-state index in [0.29, 0.717) is 13.2 Å². The third-order valence-corrected chi connectivity index (χ3v) is 4.87. The molecule has 0 radical (unpaired) electrons. The molecule has 25 heavy (non-hydrogen) atoms. The molecular weight excluding hydrogens is 334 g/mol. The molecule has 0 saturated carbocycles. The minimum atomic E-state index is -0.0319. The Balaban J connectivity index is 1.64. The maximum absolute atomic E-state index is 6.05. The van der Waals surface area contributed by atoms with Gasteiger partial charge in [0.15, 0.2) is 0 Å². The topological polar surface area (TPSA) is 56.3 Å². The van der Waals surface area contributed by atoms with Crippen LogP contribution in [-0.4, -0.2) is 28.7 Å². The second-order valence-electron chi connectivity index (χ2n) is 7.58. The van der Waals surface area contributed by atoms with Crippen LogP contribution in [-0.2, 0) is 16.7 Å². The van der Waals surface area contributed by atoms with Crippen LogP contribution in [0.2, 0.25) is 0 Å². The lowest BCUT2D eigenvalue weighted by Gasteiger charge is -2.15. The molecule has 1 saturated heterocycles. The van der Waals surface area contributed by atoms with Gasteiger partial charge >= 0.3 is 0 Å². The van der Waals surface area contributed by atoms with Gasteiger partial charge in [-0.25, -0.2) is 4.98 Å². The van der Waals surface area contributed by atoms with Crippen LogP contribution in [0, 0.1) is 6.92 Å². The molecule has 0 spiro atoms. The zero-order valence-electron chi connectivity index (χ0n) is 15.5. The molecule has 1 unspecified atom stereocenters. The lowest BCUT2D eigenvalue weighted by Crippen LogP contribution is -2.17. The lowest BCUT2D eigenvalue weighted by molar-refractivity contribution is 0.0676. The first kappa shape index (κ1) is 18.1. The second-order valence-corrected chi connectivity index (χ2v) is 8.34. The van der Waals surface area contributed by atoms with E-state index < -0.39 is 0 Å². The minimum Gasteiger partial charge on any atom is -0.491 e. The average molecular weight is 362 g/mol. The zero-order valence-corrected chi connectivity index (χ0v) is 16.3. The van der Waals surface area contributed by atoms with Crippen LogP contribution < -0.4 is 10.1 Å². The molecule has 2 heterocycles. The van der Waals surface area contributed by atoms with Crippen molar-refractivity contribution in [2.45, 2.75) is 58.6 Å². The van der Waals surface area contributed by atoms with Crippen molar-refractivity contribution in [2.24, 2.45) is 0 Å². The number of hydrogen-bond donors (Lipinski definition) is 1. The zero-order chi connectivity index (χ0) is 17.9. The standard InChI is InChI=1S/C19H27N3O2S/c1-13-7-8-14(16(10-13)24-12-15-6-5-9-23-15)11-20-18-21-17(22-25-18)19(2,3)4/h7-8,10,15H,5-6,9,11-12H2,1-4H3,(H,20,21,22). The Morgan fingerprint density at radius 1 is 1.36 bits per heavy atom. The highest BCUT2D eigenvalue weighted by molar-refractivity contribution is 7.09. The van der Waals surface area contributed by atoms with E-state index in [0.717, 1.165) is 41.7 Å². The van der Waals surface area contributed by atoms with Gasteiger partial charge < -0.3 is 14.8 Å². The van der Waals surface area contributed by atoms with Crippen LogP contribution in [0.3, 0.4) is 0 Å². The number of ether oxygens (including phenoxy) is 2. The number of nitrogens with one attached hydrogen (secondary N) is 1. The molecule has 2 aromatic rings. The van der Waals surface area contributed by atoms with Gasteiger partial charge in [-0.05, 0) is 31.4 Å². The summed E-state index contributed by atoms with van der Waals surface area (Å²) in [6.45, 7) is 10.6. The Labute approximate surface area is 153 Å². The molecule has 6 heteroatoms. The second kappa shape index (κ2) is 7.70. The summed E-state index contributed by atoms with van der Waals surface area (Å²) in [6, 6.07) is 6.31. The van der Waals surface area contributed by atoms with Gasteiger partial charge in [0.25, 0.3) is 0 Å². The number of benzene rings is 1. The third-order valence-electron chi connectivity index (χ3n) is 4.20. The number of hydrogen-bond acceptors (Lipinski definition) is 6. The highest BCUT2D eigenvalue weighted by Gasteiger charge is 2.20. The molecule has 5 nitrogen and oxygen atoms in total. The summed E-state index contributed by atoms with van der Waals surface area (Å²) < 4.78 is 16.1. The molecule has 3 rings (SSSR count). The maximum Gasteiger partial charge on any atom is 0.202 e. The van der Waals surface area contributed by atoms with Crippen LogP contribution in [0.5, 0.6) is 5.75 Å². The molecule has 1 aromatic heterocycles. The number of aromatic nitrogens is 2. The Kier molecular flexibility index (Phi) is 5.59. The molecule has 1 aliphatic rings. The molecule has 1 aliphatic heterocycles. The number of rotatable bonds is 6. The summed E-state index contributed by atoms with van der Waals surface area (Å²) in [5.41, 5.74) is 2.28. The number of anilines is 1. The highest BCUT2D eigenvalue weighted by atomic mass is 32.1. The fourth-order valence-corrected chi connectivity index (χ4v) is 3.42. The van der Waals surface area contributed by atoms with Crippen molar-refractivity contribution in [3.63, 3.8) is 0 Å². The van der Waals surface area contributed by atoms with E-state index in [2.05, 4.69) is 60.6 Å². The van der Waals surface area contributed by atoms with E-state index in [9.17, 15) is 0 Å². The van der Waals surface area contributed by atoms with Crippen LogP contribution in [0.4, 0.5) is 5.13 Å². The summed E-state index contributed by atoms with van der Waals surface area (Å²) >= 11 is 1.41. The van der Waals surface area contributed by atoms with E-state index in [4.69, 9.17) is 9.47 Å². The first-order valence-electron chi connectivity index (χ1n) is 8.84. The average Bonchev–Trinajstić information content (AvgIpc) is 3.23. The molecule has 0 bridgehead atoms. The fraction of sp³-hybridized carbons (Fsp3) is 0.579. The van der Waals surface area contributed by atoms with Gasteiger partial charge in [0.2, 0.25) is 5.13 Å². The van der Waals surface area contributed by atoms with Crippen LogP contribution in [0.15, 0.2) is 18.2 Å². The SMILES string of the molecule is Cc1ccc(CNc2nc(C(C)(C)C)ns2)c(OCC2CCCO2)c1. The Hall–Kier alpha value is -1.66. The van der Waals surface area contributed by atoms with E-state index in [1.54, 1.807) is 0 Å². The lowest BCUT2D eigenvalue weighted by atomic mass is 9.96. The molecular formula is C19H27N3O2S. The highest BCUT2D eigenvalue weighted by Crippen LogP contribution is 2.26. The summed E-state index contributed by atoms with van der Waals surface area (Å²) in [5.74, 6) is 1.79. The van der Waals surface area contributed by atoms with E-state index in [-0.39, 0.29) is 11.5 Å². The normalized spacial score (nSPS) is 17.7. The fourth-order valence-electron chi connectivity index (χ4n) is 2.67. The number of nitrogens with zero attached hydrogens (tertiary/aromatic N) is 2. The molecule has 1 atom stereocenters. The van der Waals surface area contributed by atoms with Crippen molar-refractivity contribution in [1.82, 2.24) is 9.36 Å². The largest absolute Gasteiger partial charge is 0.491 e. The molecule has 136 valence electrons.